The van der Waals surface area contributed by atoms with E-state index in [-0.39, 0.29) is 44.8 Å². The van der Waals surface area contributed by atoms with Gasteiger partial charge >= 0.3 is 23.9 Å². The number of carboxylic acids is 4. The van der Waals surface area contributed by atoms with Crippen LogP contribution in [0.25, 0.3) is 0 Å². The van der Waals surface area contributed by atoms with Crippen molar-refractivity contribution < 1.29 is 54.0 Å². The van der Waals surface area contributed by atoms with E-state index in [0.717, 1.165) is 35.5 Å². The first-order chi connectivity index (χ1) is 23.2. The summed E-state index contributed by atoms with van der Waals surface area (Å²) < 4.78 is 0. The van der Waals surface area contributed by atoms with Crippen LogP contribution in [0.2, 0.25) is 0 Å². The van der Waals surface area contributed by atoms with Crippen LogP contribution in [0.1, 0.15) is 54.4 Å². The predicted octanol–water partition coefficient (Wildman–Crippen LogP) is -1.39. The highest BCUT2D eigenvalue weighted by Gasteiger charge is 2.22. The first-order valence-electron chi connectivity index (χ1n) is 16.0. The second-order valence-electron chi connectivity index (χ2n) is 12.0. The smallest absolute Gasteiger partial charge is 0.317 e. The van der Waals surface area contributed by atoms with Gasteiger partial charge in [-0.2, -0.15) is 0 Å². The standard InChI is InChI=1S/C31H47N7O11/c32-24(14-21-4-2-1-3-5-21)31(49)35-34-30(48)23-8-6-22(7-9-23)15-33-25(39)16-36(10-12-37(17-26(40)41)18-27(42)43)11-13-38(19-28(44)45)20-29(46)47/h6-9,21,24H,1-5,10-20,32H2,(H,33,39)(H,34,48)(H,35,49)(H,40,41)(H,42,43)(H,44,45)(H,46,47)/t24-/m1/s1. The lowest BCUT2D eigenvalue weighted by atomic mass is 9.85. The van der Waals surface area contributed by atoms with Gasteiger partial charge in [-0.25, -0.2) is 0 Å². The molecule has 1 aromatic rings. The third-order valence-electron chi connectivity index (χ3n) is 7.92. The number of nitrogens with one attached hydrogen (secondary N) is 3. The number of nitrogens with zero attached hydrogens (tertiary/aromatic N) is 3. The minimum absolute atomic E-state index is 0.0216. The molecule has 18 heteroatoms. The SMILES string of the molecule is N[C@H](CC1CCCCC1)C(=O)NNC(=O)c1ccc(CNC(=O)CN(CCN(CC(=O)O)CC(=O)O)CCN(CC(=O)O)CC(=O)O)cc1. The molecule has 9 N–H and O–H groups in total. The number of hydrogen-bond acceptors (Lipinski definition) is 11. The zero-order chi connectivity index (χ0) is 36.3. The molecule has 1 aliphatic carbocycles. The molecule has 3 amide bonds. The van der Waals surface area contributed by atoms with Crippen LogP contribution in [0, 0.1) is 5.92 Å². The first kappa shape index (κ1) is 40.5. The average molecular weight is 694 g/mol. The molecule has 0 aliphatic heterocycles. The Kier molecular flexibility index (Phi) is 17.7. The van der Waals surface area contributed by atoms with Crippen molar-refractivity contribution in [2.75, 3.05) is 58.9 Å². The van der Waals surface area contributed by atoms with E-state index in [4.69, 9.17) is 26.2 Å². The zero-order valence-electron chi connectivity index (χ0n) is 27.3. The number of nitrogens with two attached hydrogens (primary N) is 1. The Morgan fingerprint density at radius 3 is 1.61 bits per heavy atom. The van der Waals surface area contributed by atoms with Crippen molar-refractivity contribution in [3.05, 3.63) is 35.4 Å². The highest BCUT2D eigenvalue weighted by molar-refractivity contribution is 5.95. The number of hydrazine groups is 1. The Morgan fingerprint density at radius 1 is 0.673 bits per heavy atom. The lowest BCUT2D eigenvalue weighted by Crippen LogP contribution is -2.49. The second-order valence-corrected chi connectivity index (χ2v) is 12.0. The van der Waals surface area contributed by atoms with Crippen LogP contribution in [0.3, 0.4) is 0 Å². The average Bonchev–Trinajstić information content (AvgIpc) is 3.03. The van der Waals surface area contributed by atoms with Gasteiger partial charge in [-0.1, -0.05) is 44.2 Å². The summed E-state index contributed by atoms with van der Waals surface area (Å²) in [5.41, 5.74) is 11.6. The number of amides is 3. The van der Waals surface area contributed by atoms with Crippen molar-refractivity contribution in [1.82, 2.24) is 30.9 Å². The number of rotatable bonds is 22. The number of benzene rings is 1. The molecule has 1 aromatic carbocycles. The van der Waals surface area contributed by atoms with Crippen LogP contribution in [-0.2, 0) is 35.3 Å². The normalized spacial score (nSPS) is 14.0. The summed E-state index contributed by atoms with van der Waals surface area (Å²) in [6.45, 7) is -2.51. The minimum Gasteiger partial charge on any atom is -0.480 e. The van der Waals surface area contributed by atoms with Gasteiger partial charge in [0, 0.05) is 38.3 Å². The summed E-state index contributed by atoms with van der Waals surface area (Å²) in [7, 11) is 0. The summed E-state index contributed by atoms with van der Waals surface area (Å²) in [5, 5.41) is 39.2. The third kappa shape index (κ3) is 17.4. The molecule has 0 aromatic heterocycles. The zero-order valence-corrected chi connectivity index (χ0v) is 27.3. The van der Waals surface area contributed by atoms with E-state index in [1.54, 1.807) is 12.1 Å². The van der Waals surface area contributed by atoms with Gasteiger partial charge in [0.15, 0.2) is 0 Å². The molecule has 1 fully saturated rings. The van der Waals surface area contributed by atoms with E-state index in [1.165, 1.54) is 23.5 Å². The minimum atomic E-state index is -1.25. The Labute approximate surface area is 283 Å². The summed E-state index contributed by atoms with van der Waals surface area (Å²) in [5.74, 6) is -6.09. The van der Waals surface area contributed by atoms with Crippen LogP contribution in [0.15, 0.2) is 24.3 Å². The molecule has 272 valence electrons. The predicted molar refractivity (Wildman–Crippen MR) is 173 cm³/mol. The molecule has 49 heavy (non-hydrogen) atoms. The van der Waals surface area contributed by atoms with Crippen LogP contribution in [0.5, 0.6) is 0 Å². The number of hydrogen-bond donors (Lipinski definition) is 8. The monoisotopic (exact) mass is 693 g/mol. The molecule has 0 radical (unpaired) electrons. The quantitative estimate of drug-likeness (QED) is 0.0649. The molecular formula is C31H47N7O11. The molecule has 1 aliphatic rings. The van der Waals surface area contributed by atoms with E-state index in [9.17, 15) is 33.6 Å². The van der Waals surface area contributed by atoms with E-state index < -0.39 is 73.8 Å². The number of carboxylic acid groups (broad SMARTS) is 4. The Morgan fingerprint density at radius 2 is 1.14 bits per heavy atom. The van der Waals surface area contributed by atoms with Crippen LogP contribution >= 0.6 is 0 Å². The largest absolute Gasteiger partial charge is 0.480 e. The lowest BCUT2D eigenvalue weighted by Gasteiger charge is -2.28. The number of carbonyl (C=O) groups excluding carboxylic acids is 3. The molecule has 0 spiro atoms. The fourth-order valence-electron chi connectivity index (χ4n) is 5.43. The molecule has 0 bridgehead atoms. The number of carbonyl (C=O) groups is 7. The van der Waals surface area contributed by atoms with Crippen molar-refractivity contribution >= 4 is 41.6 Å². The third-order valence-corrected chi connectivity index (χ3v) is 7.92. The first-order valence-corrected chi connectivity index (χ1v) is 16.0. The maximum absolute atomic E-state index is 12.9. The van der Waals surface area contributed by atoms with Gasteiger partial charge in [0.1, 0.15) is 0 Å². The molecule has 0 saturated heterocycles. The van der Waals surface area contributed by atoms with Crippen LogP contribution in [0.4, 0.5) is 0 Å². The molecule has 1 saturated carbocycles. The van der Waals surface area contributed by atoms with Crippen LogP contribution < -0.4 is 21.9 Å². The Hall–Kier alpha value is -4.65. The fraction of sp³-hybridized carbons (Fsp3) is 0.581. The maximum Gasteiger partial charge on any atom is 0.317 e. The molecule has 0 heterocycles. The van der Waals surface area contributed by atoms with Crippen LogP contribution in [-0.4, -0.2) is 142 Å². The Balaban J connectivity index is 1.93. The van der Waals surface area contributed by atoms with Gasteiger partial charge in [-0.3, -0.25) is 59.1 Å². The summed E-state index contributed by atoms with van der Waals surface area (Å²) >= 11 is 0. The van der Waals surface area contributed by atoms with Crippen molar-refractivity contribution in [1.29, 1.82) is 0 Å². The maximum atomic E-state index is 12.9. The van der Waals surface area contributed by atoms with Gasteiger partial charge in [0.25, 0.3) is 11.8 Å². The molecular weight excluding hydrogens is 646 g/mol. The highest BCUT2D eigenvalue weighted by atomic mass is 16.4. The highest BCUT2D eigenvalue weighted by Crippen LogP contribution is 2.26. The van der Waals surface area contributed by atoms with Gasteiger partial charge in [0.2, 0.25) is 5.91 Å². The molecule has 2 rings (SSSR count). The van der Waals surface area contributed by atoms with Crippen molar-refractivity contribution in [3.8, 4) is 0 Å². The van der Waals surface area contributed by atoms with E-state index in [1.807, 2.05) is 0 Å². The molecule has 0 unspecified atom stereocenters. The number of aliphatic carboxylic acids is 4. The summed E-state index contributed by atoms with van der Waals surface area (Å²) in [4.78, 5) is 86.3. The van der Waals surface area contributed by atoms with Crippen molar-refractivity contribution in [2.45, 2.75) is 51.1 Å². The molecule has 18 nitrogen and oxygen atoms in total. The topological polar surface area (TPSA) is 272 Å². The summed E-state index contributed by atoms with van der Waals surface area (Å²) in [6.07, 6.45) is 6.10. The van der Waals surface area contributed by atoms with Gasteiger partial charge in [-0.15, -0.1) is 0 Å². The lowest BCUT2D eigenvalue weighted by molar-refractivity contribution is -0.143. The van der Waals surface area contributed by atoms with Gasteiger partial charge < -0.3 is 31.5 Å². The second kappa shape index (κ2) is 21.3. The van der Waals surface area contributed by atoms with E-state index >= 15 is 0 Å². The van der Waals surface area contributed by atoms with Crippen molar-refractivity contribution in [2.24, 2.45) is 11.7 Å². The Bertz CT molecular complexity index is 1220. The van der Waals surface area contributed by atoms with Gasteiger partial charge in [0.05, 0.1) is 38.8 Å². The van der Waals surface area contributed by atoms with Gasteiger partial charge in [-0.05, 0) is 30.0 Å². The fourth-order valence-corrected chi connectivity index (χ4v) is 5.43. The van der Waals surface area contributed by atoms with E-state index in [2.05, 4.69) is 16.2 Å². The summed E-state index contributed by atoms with van der Waals surface area (Å²) in [6, 6.07) is 5.50. The van der Waals surface area contributed by atoms with Crippen molar-refractivity contribution in [3.63, 3.8) is 0 Å². The van der Waals surface area contributed by atoms with E-state index in [0.29, 0.717) is 17.9 Å². The molecule has 1 atom stereocenters.